The molecule has 0 unspecified atom stereocenters. The minimum Gasteiger partial charge on any atom is -0.285 e. The van der Waals surface area contributed by atoms with Crippen molar-refractivity contribution in [1.29, 1.82) is 0 Å². The average Bonchev–Trinajstić information content (AvgIpc) is 3.75. The van der Waals surface area contributed by atoms with Gasteiger partial charge in [0.05, 0.1) is 32.3 Å². The van der Waals surface area contributed by atoms with Crippen molar-refractivity contribution in [3.8, 4) is 0 Å². The highest BCUT2D eigenvalue weighted by molar-refractivity contribution is 7.15. The zero-order valence-corrected chi connectivity index (χ0v) is 26.0. The Hall–Kier alpha value is -4.68. The first kappa shape index (κ1) is 28.8. The summed E-state index contributed by atoms with van der Waals surface area (Å²) in [5.41, 5.74) is 0.721. The van der Waals surface area contributed by atoms with Gasteiger partial charge in [-0.25, -0.2) is 27.5 Å². The summed E-state index contributed by atoms with van der Waals surface area (Å²) in [6, 6.07) is 3.08. The van der Waals surface area contributed by atoms with Gasteiger partial charge in [0.2, 0.25) is 23.1 Å². The van der Waals surface area contributed by atoms with E-state index in [0.717, 1.165) is 44.4 Å². The van der Waals surface area contributed by atoms with Crippen molar-refractivity contribution in [3.05, 3.63) is 101 Å². The van der Waals surface area contributed by atoms with Gasteiger partial charge in [-0.1, -0.05) is 27.7 Å². The van der Waals surface area contributed by atoms with Gasteiger partial charge >= 0.3 is 0 Å². The van der Waals surface area contributed by atoms with Crippen LogP contribution in [0.1, 0.15) is 90.7 Å². The number of thiazole rings is 2. The Morgan fingerprint density at radius 3 is 1.33 bits per heavy atom. The SMILES string of the molecule is CC1(C)C2=C(c3sc(/C=C4\C(=O)C(=O)c5c(F)cc(F)cc54)nc31)C(C)(C)c1nc(/C=C3\C(=O)C(=O)c4c(F)cc(F)cc43)sc12. The molecule has 228 valence electrons. The normalized spacial score (nSPS) is 20.3. The molecule has 6 nitrogen and oxygen atoms in total. The molecule has 0 N–H and O–H groups in total. The number of carbonyl (C=O) groups excluding carboxylic acids is 4. The Balaban J connectivity index is 1.23. The van der Waals surface area contributed by atoms with E-state index in [-0.39, 0.29) is 22.3 Å². The number of aromatic nitrogens is 2. The molecule has 2 heterocycles. The van der Waals surface area contributed by atoms with Crippen molar-refractivity contribution >= 4 is 80.3 Å². The number of rotatable bonds is 2. The average molecular weight is 659 g/mol. The lowest BCUT2D eigenvalue weighted by atomic mass is 9.84. The number of fused-ring (bicyclic) bond motifs is 6. The standard InChI is InChI=1S/C34H18F4N2O4S2/c1-33(2)23-24(30-31(33)39-19(46-30)9-15-13-5-11(35)7-17(37)21(13)27(43)25(15)41)34(3,4)32-29(23)45-20(40-32)10-16-14-6-12(36)8-18(38)22(14)28(44)26(16)42/h5-10H,1-4H3/b15-9-,16-10-. The Morgan fingerprint density at radius 2 is 0.957 bits per heavy atom. The summed E-state index contributed by atoms with van der Waals surface area (Å²) >= 11 is 2.58. The number of nitrogens with zero attached hydrogens (tertiary/aromatic N) is 2. The van der Waals surface area contributed by atoms with E-state index in [0.29, 0.717) is 22.1 Å². The smallest absolute Gasteiger partial charge is 0.237 e. The van der Waals surface area contributed by atoms with Gasteiger partial charge in [0, 0.05) is 45.2 Å². The minimum absolute atomic E-state index is 0.105. The number of halogens is 4. The van der Waals surface area contributed by atoms with Crippen molar-refractivity contribution in [3.63, 3.8) is 0 Å². The Morgan fingerprint density at radius 1 is 0.587 bits per heavy atom. The van der Waals surface area contributed by atoms with Gasteiger partial charge in [-0.2, -0.15) is 0 Å². The second-order valence-electron chi connectivity index (χ2n) is 12.5. The van der Waals surface area contributed by atoms with Crippen LogP contribution in [0.25, 0.3) is 34.4 Å². The molecule has 12 heteroatoms. The number of Topliss-reactive ketones (excluding diaryl/α,β-unsaturated/α-hetero) is 4. The topological polar surface area (TPSA) is 94.1 Å². The molecule has 4 aromatic rings. The molecule has 4 aliphatic carbocycles. The highest BCUT2D eigenvalue weighted by Gasteiger charge is 2.54. The molecule has 0 atom stereocenters. The maximum atomic E-state index is 14.4. The predicted molar refractivity (Wildman–Crippen MR) is 164 cm³/mol. The van der Waals surface area contributed by atoms with Crippen molar-refractivity contribution in [2.24, 2.45) is 0 Å². The highest BCUT2D eigenvalue weighted by Crippen LogP contribution is 2.64. The van der Waals surface area contributed by atoms with Crippen LogP contribution in [0.5, 0.6) is 0 Å². The first-order chi connectivity index (χ1) is 21.6. The van der Waals surface area contributed by atoms with E-state index in [9.17, 15) is 36.7 Å². The molecule has 0 bridgehead atoms. The van der Waals surface area contributed by atoms with Crippen LogP contribution in [0, 0.1) is 23.3 Å². The molecule has 0 saturated carbocycles. The Bertz CT molecular complexity index is 2180. The van der Waals surface area contributed by atoms with Crippen molar-refractivity contribution in [2.75, 3.05) is 0 Å². The van der Waals surface area contributed by atoms with Crippen LogP contribution in [0.2, 0.25) is 0 Å². The molecule has 0 radical (unpaired) electrons. The summed E-state index contributed by atoms with van der Waals surface area (Å²) in [4.78, 5) is 62.0. The molecule has 46 heavy (non-hydrogen) atoms. The van der Waals surface area contributed by atoms with E-state index >= 15 is 0 Å². The minimum atomic E-state index is -1.09. The zero-order valence-electron chi connectivity index (χ0n) is 24.3. The maximum Gasteiger partial charge on any atom is 0.237 e. The third-order valence-electron chi connectivity index (χ3n) is 9.01. The summed E-state index contributed by atoms with van der Waals surface area (Å²) < 4.78 is 56.9. The number of hydrogen-bond donors (Lipinski definition) is 0. The van der Waals surface area contributed by atoms with E-state index in [1.807, 2.05) is 27.7 Å². The van der Waals surface area contributed by atoms with Crippen LogP contribution in [-0.4, -0.2) is 33.1 Å². The van der Waals surface area contributed by atoms with E-state index < -0.39 is 68.4 Å². The maximum absolute atomic E-state index is 14.4. The summed E-state index contributed by atoms with van der Waals surface area (Å²) in [7, 11) is 0. The monoisotopic (exact) mass is 658 g/mol. The van der Waals surface area contributed by atoms with Crippen molar-refractivity contribution in [1.82, 2.24) is 9.97 Å². The quantitative estimate of drug-likeness (QED) is 0.128. The first-order valence-corrected chi connectivity index (χ1v) is 15.6. The van der Waals surface area contributed by atoms with Crippen LogP contribution in [-0.2, 0) is 20.4 Å². The van der Waals surface area contributed by atoms with Gasteiger partial charge in [-0.05, 0) is 35.4 Å². The molecule has 8 rings (SSSR count). The summed E-state index contributed by atoms with van der Waals surface area (Å²) in [6.07, 6.45) is 2.79. The molecule has 2 aromatic carbocycles. The van der Waals surface area contributed by atoms with Crippen LogP contribution < -0.4 is 0 Å². The highest BCUT2D eigenvalue weighted by atomic mass is 32.1. The second kappa shape index (κ2) is 8.98. The van der Waals surface area contributed by atoms with Crippen molar-refractivity contribution in [2.45, 2.75) is 38.5 Å². The van der Waals surface area contributed by atoms with Gasteiger partial charge in [-0.15, -0.1) is 22.7 Å². The molecule has 0 spiro atoms. The van der Waals surface area contributed by atoms with Gasteiger partial charge in [0.25, 0.3) is 0 Å². The van der Waals surface area contributed by atoms with E-state index in [1.165, 1.54) is 34.8 Å². The lowest BCUT2D eigenvalue weighted by Gasteiger charge is -2.21. The van der Waals surface area contributed by atoms with Crippen LogP contribution in [0.15, 0.2) is 24.3 Å². The van der Waals surface area contributed by atoms with E-state index in [4.69, 9.17) is 9.97 Å². The van der Waals surface area contributed by atoms with Gasteiger partial charge < -0.3 is 0 Å². The van der Waals surface area contributed by atoms with E-state index in [2.05, 4.69) is 0 Å². The molecular weight excluding hydrogens is 641 g/mol. The summed E-state index contributed by atoms with van der Waals surface area (Å²) in [5.74, 6) is -7.93. The van der Waals surface area contributed by atoms with Crippen molar-refractivity contribution < 1.29 is 36.7 Å². The number of ketones is 4. The summed E-state index contributed by atoms with van der Waals surface area (Å²) in [5, 5.41) is 0.788. The fraction of sp³-hybridized carbons (Fsp3) is 0.176. The zero-order chi connectivity index (χ0) is 32.8. The van der Waals surface area contributed by atoms with Crippen LogP contribution in [0.3, 0.4) is 0 Å². The number of allylic oxidation sites excluding steroid dienone is 4. The lowest BCUT2D eigenvalue weighted by Crippen LogP contribution is -2.18. The fourth-order valence-corrected chi connectivity index (χ4v) is 9.68. The number of benzene rings is 2. The lowest BCUT2D eigenvalue weighted by molar-refractivity contribution is -0.110. The molecule has 0 saturated heterocycles. The Kier molecular flexibility index (Phi) is 5.62. The van der Waals surface area contributed by atoms with Crippen LogP contribution in [0.4, 0.5) is 17.6 Å². The molecule has 2 aromatic heterocycles. The summed E-state index contributed by atoms with van der Waals surface area (Å²) in [6.45, 7) is 7.94. The third kappa shape index (κ3) is 3.56. The first-order valence-electron chi connectivity index (χ1n) is 14.0. The molecule has 4 aliphatic rings. The fourth-order valence-electron chi connectivity index (χ4n) is 6.92. The van der Waals surface area contributed by atoms with Gasteiger partial charge in [0.15, 0.2) is 0 Å². The van der Waals surface area contributed by atoms with Crippen LogP contribution >= 0.6 is 22.7 Å². The molecular formula is C34H18F4N2O4S2. The largest absolute Gasteiger partial charge is 0.285 e. The van der Waals surface area contributed by atoms with E-state index in [1.54, 1.807) is 0 Å². The molecule has 0 aliphatic heterocycles. The predicted octanol–water partition coefficient (Wildman–Crippen LogP) is 7.26. The van der Waals surface area contributed by atoms with Gasteiger partial charge in [-0.3, -0.25) is 19.2 Å². The molecule has 0 fully saturated rings. The second-order valence-corrected chi connectivity index (χ2v) is 14.6. The molecule has 0 amide bonds. The Labute approximate surface area is 265 Å². The number of carbonyl (C=O) groups is 4. The third-order valence-corrected chi connectivity index (χ3v) is 11.0. The number of hydrogen-bond acceptors (Lipinski definition) is 8. The van der Waals surface area contributed by atoms with Gasteiger partial charge in [0.1, 0.15) is 33.3 Å².